The molecule has 0 saturated carbocycles. The SMILES string of the molecule is NC(C1=CCCCO1)c1ccccc1I. The van der Waals surface area contributed by atoms with E-state index in [2.05, 4.69) is 40.8 Å². The van der Waals surface area contributed by atoms with E-state index in [1.54, 1.807) is 0 Å². The van der Waals surface area contributed by atoms with Gasteiger partial charge in [0.15, 0.2) is 0 Å². The molecule has 2 N–H and O–H groups in total. The molecule has 0 saturated heterocycles. The first-order valence-corrected chi connectivity index (χ1v) is 6.20. The lowest BCUT2D eigenvalue weighted by Crippen LogP contribution is -2.18. The van der Waals surface area contributed by atoms with Crippen LogP contribution in [0.2, 0.25) is 0 Å². The van der Waals surface area contributed by atoms with Crippen LogP contribution in [0.25, 0.3) is 0 Å². The van der Waals surface area contributed by atoms with Crippen molar-refractivity contribution in [3.05, 3.63) is 45.2 Å². The van der Waals surface area contributed by atoms with Crippen molar-refractivity contribution in [2.45, 2.75) is 18.9 Å². The minimum atomic E-state index is -0.113. The van der Waals surface area contributed by atoms with Gasteiger partial charge in [0, 0.05) is 3.57 Å². The number of hydrogen-bond donors (Lipinski definition) is 1. The van der Waals surface area contributed by atoms with Crippen LogP contribution in [0.4, 0.5) is 0 Å². The van der Waals surface area contributed by atoms with Gasteiger partial charge in [-0.1, -0.05) is 18.2 Å². The molecule has 1 aromatic rings. The third-order valence-corrected chi connectivity index (χ3v) is 3.49. The van der Waals surface area contributed by atoms with Gasteiger partial charge in [0.25, 0.3) is 0 Å². The van der Waals surface area contributed by atoms with Crippen LogP contribution in [-0.2, 0) is 4.74 Å². The topological polar surface area (TPSA) is 35.2 Å². The fourth-order valence-corrected chi connectivity index (χ4v) is 2.40. The van der Waals surface area contributed by atoms with Crippen LogP contribution in [0.3, 0.4) is 0 Å². The fourth-order valence-electron chi connectivity index (χ4n) is 1.67. The second kappa shape index (κ2) is 4.99. The van der Waals surface area contributed by atoms with Crippen molar-refractivity contribution in [3.63, 3.8) is 0 Å². The van der Waals surface area contributed by atoms with Crippen molar-refractivity contribution >= 4 is 22.6 Å². The van der Waals surface area contributed by atoms with E-state index in [1.165, 1.54) is 3.57 Å². The van der Waals surface area contributed by atoms with Gasteiger partial charge in [-0.3, -0.25) is 0 Å². The Labute approximate surface area is 104 Å². The summed E-state index contributed by atoms with van der Waals surface area (Å²) in [5, 5.41) is 0. The van der Waals surface area contributed by atoms with Gasteiger partial charge in [0.2, 0.25) is 0 Å². The van der Waals surface area contributed by atoms with E-state index in [-0.39, 0.29) is 6.04 Å². The monoisotopic (exact) mass is 315 g/mol. The molecule has 3 heteroatoms. The Morgan fingerprint density at radius 1 is 1.33 bits per heavy atom. The number of rotatable bonds is 2. The average molecular weight is 315 g/mol. The van der Waals surface area contributed by atoms with Crippen molar-refractivity contribution in [1.29, 1.82) is 0 Å². The molecule has 1 aromatic carbocycles. The maximum absolute atomic E-state index is 6.17. The lowest BCUT2D eigenvalue weighted by Gasteiger charge is -2.21. The predicted octanol–water partition coefficient (Wildman–Crippen LogP) is 2.99. The maximum atomic E-state index is 6.17. The van der Waals surface area contributed by atoms with Crippen LogP contribution in [0.5, 0.6) is 0 Å². The normalized spacial score (nSPS) is 17.9. The van der Waals surface area contributed by atoms with E-state index in [1.807, 2.05) is 12.1 Å². The van der Waals surface area contributed by atoms with Gasteiger partial charge in [-0.2, -0.15) is 0 Å². The molecule has 0 fully saturated rings. The molecule has 1 aliphatic heterocycles. The minimum Gasteiger partial charge on any atom is -0.496 e. The molecule has 0 spiro atoms. The summed E-state index contributed by atoms with van der Waals surface area (Å²) < 4.78 is 6.77. The van der Waals surface area contributed by atoms with Crippen LogP contribution in [-0.4, -0.2) is 6.61 Å². The van der Waals surface area contributed by atoms with Crippen molar-refractivity contribution < 1.29 is 4.74 Å². The van der Waals surface area contributed by atoms with E-state index in [4.69, 9.17) is 10.5 Å². The quantitative estimate of drug-likeness (QED) is 0.852. The zero-order valence-electron chi connectivity index (χ0n) is 8.45. The summed E-state index contributed by atoms with van der Waals surface area (Å²) in [7, 11) is 0. The Morgan fingerprint density at radius 3 is 2.80 bits per heavy atom. The smallest absolute Gasteiger partial charge is 0.113 e. The molecular formula is C12H14INO. The molecule has 1 heterocycles. The van der Waals surface area contributed by atoms with E-state index in [0.29, 0.717) is 0 Å². The Hall–Kier alpha value is -0.550. The highest BCUT2D eigenvalue weighted by molar-refractivity contribution is 14.1. The van der Waals surface area contributed by atoms with E-state index in [0.717, 1.165) is 30.8 Å². The summed E-state index contributed by atoms with van der Waals surface area (Å²) in [6.07, 6.45) is 4.28. The molecule has 80 valence electrons. The highest BCUT2D eigenvalue weighted by Gasteiger charge is 2.17. The first-order chi connectivity index (χ1) is 7.29. The van der Waals surface area contributed by atoms with Crippen LogP contribution in [0.1, 0.15) is 24.4 Å². The molecule has 2 nitrogen and oxygen atoms in total. The van der Waals surface area contributed by atoms with Gasteiger partial charge in [-0.05, 0) is 53.1 Å². The van der Waals surface area contributed by atoms with Crippen LogP contribution in [0.15, 0.2) is 36.1 Å². The summed E-state index contributed by atoms with van der Waals surface area (Å²) in [5.74, 6) is 0.922. The zero-order chi connectivity index (χ0) is 10.7. The molecule has 1 unspecified atom stereocenters. The van der Waals surface area contributed by atoms with Crippen molar-refractivity contribution in [1.82, 2.24) is 0 Å². The largest absolute Gasteiger partial charge is 0.496 e. The predicted molar refractivity (Wildman–Crippen MR) is 69.4 cm³/mol. The number of ether oxygens (including phenoxy) is 1. The fraction of sp³-hybridized carbons (Fsp3) is 0.333. The Bertz CT molecular complexity index is 376. The molecule has 0 aliphatic carbocycles. The molecule has 0 amide bonds. The molecule has 1 atom stereocenters. The first kappa shape index (κ1) is 11.0. The van der Waals surface area contributed by atoms with Crippen LogP contribution in [0, 0.1) is 3.57 Å². The lowest BCUT2D eigenvalue weighted by molar-refractivity contribution is 0.175. The van der Waals surface area contributed by atoms with Crippen molar-refractivity contribution in [2.75, 3.05) is 6.61 Å². The highest BCUT2D eigenvalue weighted by Crippen LogP contribution is 2.26. The van der Waals surface area contributed by atoms with Crippen molar-refractivity contribution in [2.24, 2.45) is 5.73 Å². The lowest BCUT2D eigenvalue weighted by atomic mass is 10.0. The van der Waals surface area contributed by atoms with Crippen LogP contribution >= 0.6 is 22.6 Å². The minimum absolute atomic E-state index is 0.113. The molecule has 0 radical (unpaired) electrons. The van der Waals surface area contributed by atoms with Gasteiger partial charge in [0.1, 0.15) is 5.76 Å². The summed E-state index contributed by atoms with van der Waals surface area (Å²) in [6.45, 7) is 0.795. The third-order valence-electron chi connectivity index (χ3n) is 2.51. The average Bonchev–Trinajstić information content (AvgIpc) is 2.30. The Kier molecular flexibility index (Phi) is 3.64. The maximum Gasteiger partial charge on any atom is 0.113 e. The molecular weight excluding hydrogens is 301 g/mol. The van der Waals surface area contributed by atoms with Gasteiger partial charge >= 0.3 is 0 Å². The summed E-state index contributed by atoms with van der Waals surface area (Å²) in [4.78, 5) is 0. The van der Waals surface area contributed by atoms with Crippen molar-refractivity contribution in [3.8, 4) is 0 Å². The third kappa shape index (κ3) is 2.52. The number of allylic oxidation sites excluding steroid dienone is 1. The van der Waals surface area contributed by atoms with Gasteiger partial charge in [-0.15, -0.1) is 0 Å². The molecule has 15 heavy (non-hydrogen) atoms. The van der Waals surface area contributed by atoms with Crippen LogP contribution < -0.4 is 5.73 Å². The Balaban J connectivity index is 2.23. The van der Waals surface area contributed by atoms with Gasteiger partial charge in [-0.25, -0.2) is 0 Å². The standard InChI is InChI=1S/C12H14INO/c13-10-6-2-1-5-9(10)12(14)11-7-3-4-8-15-11/h1-2,5-7,12H,3-4,8,14H2. The zero-order valence-corrected chi connectivity index (χ0v) is 10.6. The summed E-state index contributed by atoms with van der Waals surface area (Å²) >= 11 is 2.31. The van der Waals surface area contributed by atoms with E-state index >= 15 is 0 Å². The van der Waals surface area contributed by atoms with E-state index in [9.17, 15) is 0 Å². The summed E-state index contributed by atoms with van der Waals surface area (Å²) in [6, 6.07) is 8.05. The number of benzene rings is 1. The van der Waals surface area contributed by atoms with Gasteiger partial charge in [0.05, 0.1) is 12.6 Å². The van der Waals surface area contributed by atoms with E-state index < -0.39 is 0 Å². The highest BCUT2D eigenvalue weighted by atomic mass is 127. The second-order valence-electron chi connectivity index (χ2n) is 3.60. The number of hydrogen-bond acceptors (Lipinski definition) is 2. The molecule has 2 rings (SSSR count). The molecule has 0 bridgehead atoms. The first-order valence-electron chi connectivity index (χ1n) is 5.12. The number of nitrogens with two attached hydrogens (primary N) is 1. The Morgan fingerprint density at radius 2 is 2.13 bits per heavy atom. The molecule has 0 aromatic heterocycles. The summed E-state index contributed by atoms with van der Waals surface area (Å²) in [5.41, 5.74) is 7.32. The van der Waals surface area contributed by atoms with Gasteiger partial charge < -0.3 is 10.5 Å². The molecule has 1 aliphatic rings. The second-order valence-corrected chi connectivity index (χ2v) is 4.76. The number of halogens is 1.